The van der Waals surface area contributed by atoms with Crippen molar-refractivity contribution < 1.29 is 23.0 Å². The van der Waals surface area contributed by atoms with Crippen LogP contribution >= 0.6 is 0 Å². The van der Waals surface area contributed by atoms with Crippen LogP contribution in [0.3, 0.4) is 0 Å². The first kappa shape index (κ1) is 22.2. The molecule has 0 radical (unpaired) electrons. The Balaban J connectivity index is 1.25. The number of benzene rings is 2. The van der Waals surface area contributed by atoms with E-state index < -0.39 is 11.6 Å². The predicted octanol–water partition coefficient (Wildman–Crippen LogP) is 3.98. The van der Waals surface area contributed by atoms with Crippen LogP contribution in [0.2, 0.25) is 0 Å². The predicted molar refractivity (Wildman–Crippen MR) is 114 cm³/mol. The van der Waals surface area contributed by atoms with Crippen LogP contribution in [0.4, 0.5) is 13.6 Å². The smallest absolute Gasteiger partial charge is 0.407 e. The van der Waals surface area contributed by atoms with Crippen molar-refractivity contribution in [2.24, 2.45) is 0 Å². The van der Waals surface area contributed by atoms with Crippen molar-refractivity contribution in [3.8, 4) is 17.2 Å². The third kappa shape index (κ3) is 4.90. The number of hydrogen-bond acceptors (Lipinski definition) is 5. The number of likely N-dealkylation sites (tertiary alicyclic amines) is 1. The maximum atomic E-state index is 14.9. The molecular weight excluding hydrogens is 416 g/mol. The number of alkyl carbamates (subject to hydrolysis) is 1. The van der Waals surface area contributed by atoms with E-state index in [0.29, 0.717) is 29.8 Å². The SMILES string of the molecule is N#Cc1ccc(-c2c(F)ccc(COCCCN3CCC4(CC3)CNC(=O)O4)c2F)cc1. The molecule has 32 heavy (non-hydrogen) atoms. The molecule has 0 atom stereocenters. The van der Waals surface area contributed by atoms with E-state index in [2.05, 4.69) is 10.2 Å². The van der Waals surface area contributed by atoms with Gasteiger partial charge in [-0.25, -0.2) is 13.6 Å². The minimum atomic E-state index is -0.651. The summed E-state index contributed by atoms with van der Waals surface area (Å²) in [4.78, 5) is 13.6. The quantitative estimate of drug-likeness (QED) is 0.658. The maximum Gasteiger partial charge on any atom is 0.407 e. The van der Waals surface area contributed by atoms with E-state index in [-0.39, 0.29) is 23.9 Å². The Morgan fingerprint density at radius 3 is 2.56 bits per heavy atom. The van der Waals surface area contributed by atoms with Gasteiger partial charge in [0.25, 0.3) is 0 Å². The summed E-state index contributed by atoms with van der Waals surface area (Å²) in [5, 5.41) is 11.6. The van der Waals surface area contributed by atoms with E-state index in [1.54, 1.807) is 0 Å². The van der Waals surface area contributed by atoms with Crippen LogP contribution in [-0.4, -0.2) is 49.4 Å². The van der Waals surface area contributed by atoms with Gasteiger partial charge in [0.15, 0.2) is 0 Å². The first-order chi connectivity index (χ1) is 15.5. The van der Waals surface area contributed by atoms with E-state index in [4.69, 9.17) is 14.7 Å². The van der Waals surface area contributed by atoms with Gasteiger partial charge in [-0.2, -0.15) is 5.26 Å². The molecule has 1 spiro atoms. The van der Waals surface area contributed by atoms with Crippen molar-refractivity contribution in [1.29, 1.82) is 5.26 Å². The molecule has 0 unspecified atom stereocenters. The number of ether oxygens (including phenoxy) is 2. The van der Waals surface area contributed by atoms with Crippen LogP contribution in [0, 0.1) is 23.0 Å². The third-order valence-corrected chi connectivity index (χ3v) is 6.13. The van der Waals surface area contributed by atoms with E-state index in [0.717, 1.165) is 38.9 Å². The second kappa shape index (κ2) is 9.63. The molecule has 0 aromatic heterocycles. The summed E-state index contributed by atoms with van der Waals surface area (Å²) in [6.07, 6.45) is 2.08. The van der Waals surface area contributed by atoms with Crippen LogP contribution in [0.25, 0.3) is 11.1 Å². The van der Waals surface area contributed by atoms with Crippen molar-refractivity contribution in [3.63, 3.8) is 0 Å². The lowest BCUT2D eigenvalue weighted by Crippen LogP contribution is -2.46. The molecule has 2 aliphatic heterocycles. The topological polar surface area (TPSA) is 74.6 Å². The highest BCUT2D eigenvalue weighted by Crippen LogP contribution is 2.30. The van der Waals surface area contributed by atoms with Gasteiger partial charge in [-0.1, -0.05) is 18.2 Å². The summed E-state index contributed by atoms with van der Waals surface area (Å²) in [7, 11) is 0. The van der Waals surface area contributed by atoms with E-state index >= 15 is 0 Å². The average molecular weight is 441 g/mol. The maximum absolute atomic E-state index is 14.9. The Hall–Kier alpha value is -3.02. The number of piperidine rings is 1. The molecule has 0 aliphatic carbocycles. The van der Waals surface area contributed by atoms with Gasteiger partial charge >= 0.3 is 6.09 Å². The third-order valence-electron chi connectivity index (χ3n) is 6.13. The minimum Gasteiger partial charge on any atom is -0.441 e. The number of rotatable bonds is 7. The van der Waals surface area contributed by atoms with E-state index in [9.17, 15) is 13.6 Å². The molecule has 2 aromatic carbocycles. The fourth-order valence-corrected chi connectivity index (χ4v) is 4.22. The molecule has 6 nitrogen and oxygen atoms in total. The summed E-state index contributed by atoms with van der Waals surface area (Å²) < 4.78 is 40.3. The lowest BCUT2D eigenvalue weighted by Gasteiger charge is -2.37. The van der Waals surface area contributed by atoms with Gasteiger partial charge in [-0.15, -0.1) is 0 Å². The Bertz CT molecular complexity index is 1010. The zero-order valence-electron chi connectivity index (χ0n) is 17.7. The summed E-state index contributed by atoms with van der Waals surface area (Å²) >= 11 is 0. The summed E-state index contributed by atoms with van der Waals surface area (Å²) in [6.45, 7) is 3.66. The lowest BCUT2D eigenvalue weighted by atomic mass is 9.91. The first-order valence-electron chi connectivity index (χ1n) is 10.7. The number of carbonyl (C=O) groups excluding carboxylic acids is 1. The number of nitriles is 1. The van der Waals surface area contributed by atoms with Gasteiger partial charge in [0, 0.05) is 44.6 Å². The fraction of sp³-hybridized carbons (Fsp3) is 0.417. The molecule has 8 heteroatoms. The highest BCUT2D eigenvalue weighted by atomic mass is 19.1. The van der Waals surface area contributed by atoms with Gasteiger partial charge in [0.05, 0.1) is 30.3 Å². The normalized spacial score (nSPS) is 17.7. The summed E-state index contributed by atoms with van der Waals surface area (Å²) in [5.74, 6) is -1.29. The van der Waals surface area contributed by atoms with Crippen molar-refractivity contribution in [1.82, 2.24) is 10.2 Å². The molecule has 2 aromatic rings. The molecule has 4 rings (SSSR count). The standard InChI is InChI=1S/C24H25F2N3O3/c25-20-7-6-19(22(26)21(20)18-4-2-17(14-27)3-5-18)15-31-13-1-10-29-11-8-24(9-12-29)16-28-23(30)32-24/h2-7H,1,8-13,15-16H2,(H,28,30). The molecule has 0 bridgehead atoms. The first-order valence-corrected chi connectivity index (χ1v) is 10.7. The molecule has 2 fully saturated rings. The number of carbonyl (C=O) groups is 1. The Morgan fingerprint density at radius 1 is 1.16 bits per heavy atom. The van der Waals surface area contributed by atoms with Gasteiger partial charge in [0.2, 0.25) is 0 Å². The number of nitrogens with one attached hydrogen (secondary N) is 1. The van der Waals surface area contributed by atoms with Crippen molar-refractivity contribution >= 4 is 6.09 Å². The molecule has 2 heterocycles. The second-order valence-electron chi connectivity index (χ2n) is 8.26. The monoisotopic (exact) mass is 441 g/mol. The van der Waals surface area contributed by atoms with Crippen molar-refractivity contribution in [2.75, 3.05) is 32.8 Å². The highest BCUT2D eigenvalue weighted by Gasteiger charge is 2.42. The van der Waals surface area contributed by atoms with Crippen molar-refractivity contribution in [3.05, 3.63) is 59.2 Å². The second-order valence-corrected chi connectivity index (χ2v) is 8.26. The molecule has 2 saturated heterocycles. The summed E-state index contributed by atoms with van der Waals surface area (Å²) in [5.41, 5.74) is 0.642. The minimum absolute atomic E-state index is 0.0557. The van der Waals surface area contributed by atoms with Crippen LogP contribution in [0.1, 0.15) is 30.4 Å². The summed E-state index contributed by atoms with van der Waals surface area (Å²) in [6, 6.07) is 10.8. The average Bonchev–Trinajstić information content (AvgIpc) is 3.16. The number of halogens is 2. The van der Waals surface area contributed by atoms with E-state index in [1.165, 1.54) is 36.4 Å². The lowest BCUT2D eigenvalue weighted by molar-refractivity contribution is -0.00134. The Kier molecular flexibility index (Phi) is 6.68. The van der Waals surface area contributed by atoms with Crippen LogP contribution in [-0.2, 0) is 16.1 Å². The largest absolute Gasteiger partial charge is 0.441 e. The van der Waals surface area contributed by atoms with E-state index in [1.807, 2.05) is 6.07 Å². The highest BCUT2D eigenvalue weighted by molar-refractivity contribution is 5.70. The van der Waals surface area contributed by atoms with Crippen LogP contribution in [0.5, 0.6) is 0 Å². The number of amides is 1. The van der Waals surface area contributed by atoms with Gasteiger partial charge in [-0.3, -0.25) is 0 Å². The van der Waals surface area contributed by atoms with Crippen LogP contribution in [0.15, 0.2) is 36.4 Å². The molecule has 1 amide bonds. The number of nitrogens with zero attached hydrogens (tertiary/aromatic N) is 2. The molecule has 1 N–H and O–H groups in total. The van der Waals surface area contributed by atoms with Crippen LogP contribution < -0.4 is 5.32 Å². The molecule has 0 saturated carbocycles. The van der Waals surface area contributed by atoms with Gasteiger partial charge in [-0.05, 0) is 30.2 Å². The fourth-order valence-electron chi connectivity index (χ4n) is 4.22. The zero-order chi connectivity index (χ0) is 22.6. The van der Waals surface area contributed by atoms with Gasteiger partial charge < -0.3 is 19.7 Å². The Morgan fingerprint density at radius 2 is 1.91 bits per heavy atom. The van der Waals surface area contributed by atoms with Gasteiger partial charge in [0.1, 0.15) is 17.2 Å². The molecule has 168 valence electrons. The molecule has 2 aliphatic rings. The zero-order valence-corrected chi connectivity index (χ0v) is 17.7. The molecular formula is C24H25F2N3O3. The Labute approximate surface area is 185 Å². The number of hydrogen-bond donors (Lipinski definition) is 1. The van der Waals surface area contributed by atoms with Crippen molar-refractivity contribution in [2.45, 2.75) is 31.5 Å².